The molecular weight excluding hydrogens is 518 g/mol. The van der Waals surface area contributed by atoms with Crippen LogP contribution in [0.2, 0.25) is 10.0 Å². The lowest BCUT2D eigenvalue weighted by atomic mass is 10.1. The predicted molar refractivity (Wildman–Crippen MR) is 124 cm³/mol. The summed E-state index contributed by atoms with van der Waals surface area (Å²) in [5, 5.41) is 2.18. The summed E-state index contributed by atoms with van der Waals surface area (Å²) in [6.45, 7) is 0.496. The Morgan fingerprint density at radius 2 is 1.76 bits per heavy atom. The van der Waals surface area contributed by atoms with Gasteiger partial charge in [-0.2, -0.15) is 13.2 Å². The molecule has 0 saturated heterocycles. The molecule has 34 heavy (non-hydrogen) atoms. The summed E-state index contributed by atoms with van der Waals surface area (Å²) in [6.07, 6.45) is -4.09. The summed E-state index contributed by atoms with van der Waals surface area (Å²) in [6, 6.07) is 7.99. The number of rotatable bonds is 8. The number of likely N-dealkylation sites (N-methyl/N-ethyl adjacent to an activating group) is 1. The fourth-order valence-corrected chi connectivity index (χ4v) is 4.40. The first-order valence-electron chi connectivity index (χ1n) is 9.75. The summed E-state index contributed by atoms with van der Waals surface area (Å²) in [5.74, 6) is -1.34. The minimum atomic E-state index is -4.84. The summed E-state index contributed by atoms with van der Waals surface area (Å²) in [4.78, 5) is 26.6. The highest BCUT2D eigenvalue weighted by atomic mass is 35.5. The van der Waals surface area contributed by atoms with Crippen LogP contribution in [0.15, 0.2) is 42.5 Å². The molecule has 0 saturated carbocycles. The zero-order valence-corrected chi connectivity index (χ0v) is 20.7. The number of carbonyl (C=O) groups excluding carboxylic acids is 2. The van der Waals surface area contributed by atoms with Crippen LogP contribution in [0.4, 0.5) is 18.9 Å². The van der Waals surface area contributed by atoms with Gasteiger partial charge in [0, 0.05) is 18.6 Å². The Morgan fingerprint density at radius 1 is 1.12 bits per heavy atom. The highest BCUT2D eigenvalue weighted by Gasteiger charge is 2.35. The molecule has 13 heteroatoms. The van der Waals surface area contributed by atoms with Gasteiger partial charge in [-0.05, 0) is 42.8 Å². The number of sulfonamides is 1. The average Bonchev–Trinajstić information content (AvgIpc) is 2.73. The minimum absolute atomic E-state index is 0.0972. The molecule has 186 valence electrons. The first-order chi connectivity index (χ1) is 15.6. The van der Waals surface area contributed by atoms with Gasteiger partial charge in [0.2, 0.25) is 21.8 Å². The Morgan fingerprint density at radius 3 is 2.29 bits per heavy atom. The van der Waals surface area contributed by atoms with Crippen LogP contribution in [0.5, 0.6) is 0 Å². The SMILES string of the molecule is CNC(=O)[C@H](C)N(Cc1cccc(Cl)c1)C(=O)CN(c1ccc(Cl)c(C(F)(F)F)c1)S(C)(=O)=O. The van der Waals surface area contributed by atoms with Crippen molar-refractivity contribution in [3.63, 3.8) is 0 Å². The Bertz CT molecular complexity index is 1180. The molecule has 1 atom stereocenters. The van der Waals surface area contributed by atoms with Gasteiger partial charge in [-0.25, -0.2) is 8.42 Å². The van der Waals surface area contributed by atoms with E-state index >= 15 is 0 Å². The highest BCUT2D eigenvalue weighted by molar-refractivity contribution is 7.92. The number of amides is 2. The topological polar surface area (TPSA) is 86.8 Å². The molecule has 2 rings (SSSR count). The lowest BCUT2D eigenvalue weighted by Gasteiger charge is -2.31. The quantitative estimate of drug-likeness (QED) is 0.550. The third-order valence-corrected chi connectivity index (χ3v) is 6.58. The molecule has 0 fully saturated rings. The van der Waals surface area contributed by atoms with Gasteiger partial charge in [0.15, 0.2) is 0 Å². The molecule has 0 heterocycles. The molecular formula is C21H22Cl2F3N3O4S. The summed E-state index contributed by atoms with van der Waals surface area (Å²) >= 11 is 11.6. The van der Waals surface area contributed by atoms with Crippen LogP contribution in [0.1, 0.15) is 18.1 Å². The number of carbonyl (C=O) groups is 2. The largest absolute Gasteiger partial charge is 0.417 e. The van der Waals surface area contributed by atoms with E-state index in [1.54, 1.807) is 24.3 Å². The lowest BCUT2D eigenvalue weighted by Crippen LogP contribution is -2.50. The Balaban J connectivity index is 2.47. The van der Waals surface area contributed by atoms with Crippen LogP contribution in [0, 0.1) is 0 Å². The van der Waals surface area contributed by atoms with E-state index in [0.29, 0.717) is 21.0 Å². The van der Waals surface area contributed by atoms with Crippen molar-refractivity contribution in [2.45, 2.75) is 25.7 Å². The van der Waals surface area contributed by atoms with Crippen LogP contribution in [-0.4, -0.2) is 51.0 Å². The molecule has 0 aliphatic rings. The number of halogens is 5. The van der Waals surface area contributed by atoms with Crippen LogP contribution in [0.3, 0.4) is 0 Å². The number of nitrogens with zero attached hydrogens (tertiary/aromatic N) is 2. The number of alkyl halides is 3. The van der Waals surface area contributed by atoms with Gasteiger partial charge >= 0.3 is 6.18 Å². The molecule has 0 unspecified atom stereocenters. The van der Waals surface area contributed by atoms with Crippen molar-refractivity contribution in [3.8, 4) is 0 Å². The molecule has 0 bridgehead atoms. The first kappa shape index (κ1) is 27.7. The van der Waals surface area contributed by atoms with Gasteiger partial charge in [-0.1, -0.05) is 35.3 Å². The van der Waals surface area contributed by atoms with Crippen molar-refractivity contribution in [3.05, 3.63) is 63.6 Å². The zero-order chi connectivity index (χ0) is 25.8. The van der Waals surface area contributed by atoms with E-state index in [2.05, 4.69) is 5.32 Å². The van der Waals surface area contributed by atoms with Crippen LogP contribution >= 0.6 is 23.2 Å². The van der Waals surface area contributed by atoms with E-state index in [0.717, 1.165) is 23.3 Å². The van der Waals surface area contributed by atoms with Gasteiger partial charge < -0.3 is 10.2 Å². The second kappa shape index (κ2) is 10.8. The summed E-state index contributed by atoms with van der Waals surface area (Å²) in [7, 11) is -2.83. The molecule has 0 aliphatic carbocycles. The molecule has 0 aliphatic heterocycles. The summed E-state index contributed by atoms with van der Waals surface area (Å²) < 4.78 is 65.3. The molecule has 2 aromatic rings. The van der Waals surface area contributed by atoms with Gasteiger partial charge in [0.1, 0.15) is 12.6 Å². The maximum atomic E-state index is 13.3. The fraction of sp³-hybridized carbons (Fsp3) is 0.333. The molecule has 7 nitrogen and oxygen atoms in total. The second-order valence-corrected chi connectivity index (χ2v) is 10.1. The molecule has 1 N–H and O–H groups in total. The third kappa shape index (κ3) is 7.00. The smallest absolute Gasteiger partial charge is 0.357 e. The summed E-state index contributed by atoms with van der Waals surface area (Å²) in [5.41, 5.74) is -1.08. The Labute approximate surface area is 205 Å². The van der Waals surface area contributed by atoms with Gasteiger partial charge in [-0.15, -0.1) is 0 Å². The molecule has 0 aromatic heterocycles. The predicted octanol–water partition coefficient (Wildman–Crippen LogP) is 3.94. The highest BCUT2D eigenvalue weighted by Crippen LogP contribution is 2.37. The van der Waals surface area contributed by atoms with Crippen LogP contribution in [0.25, 0.3) is 0 Å². The van der Waals surface area contributed by atoms with E-state index in [-0.39, 0.29) is 6.54 Å². The van der Waals surface area contributed by atoms with E-state index in [1.807, 2.05) is 0 Å². The lowest BCUT2D eigenvalue weighted by molar-refractivity contribution is -0.139. The van der Waals surface area contributed by atoms with E-state index in [1.165, 1.54) is 14.0 Å². The normalized spacial score (nSPS) is 12.7. The van der Waals surface area contributed by atoms with Gasteiger partial charge in [0.25, 0.3) is 0 Å². The Hall–Kier alpha value is -2.50. The van der Waals surface area contributed by atoms with Gasteiger partial charge in [0.05, 0.1) is 22.5 Å². The third-order valence-electron chi connectivity index (χ3n) is 4.88. The number of hydrogen-bond donors (Lipinski definition) is 1. The van der Waals surface area contributed by atoms with Crippen molar-refractivity contribution >= 4 is 50.7 Å². The zero-order valence-electron chi connectivity index (χ0n) is 18.4. The van der Waals surface area contributed by atoms with E-state index < -0.39 is 56.9 Å². The van der Waals surface area contributed by atoms with Crippen molar-refractivity contribution in [1.29, 1.82) is 0 Å². The number of hydrogen-bond acceptors (Lipinski definition) is 4. The van der Waals surface area contributed by atoms with Crippen molar-refractivity contribution in [2.75, 3.05) is 24.2 Å². The molecule has 0 spiro atoms. The molecule has 2 amide bonds. The minimum Gasteiger partial charge on any atom is -0.357 e. The Kier molecular flexibility index (Phi) is 8.84. The number of nitrogens with one attached hydrogen (secondary N) is 1. The average molecular weight is 540 g/mol. The van der Waals surface area contributed by atoms with Crippen LogP contribution in [-0.2, 0) is 32.3 Å². The maximum Gasteiger partial charge on any atom is 0.417 e. The molecule has 0 radical (unpaired) electrons. The first-order valence-corrected chi connectivity index (χ1v) is 12.4. The van der Waals surface area contributed by atoms with E-state index in [4.69, 9.17) is 23.2 Å². The van der Waals surface area contributed by atoms with Crippen molar-refractivity contribution in [2.24, 2.45) is 0 Å². The second-order valence-electron chi connectivity index (χ2n) is 7.37. The number of benzene rings is 2. The van der Waals surface area contributed by atoms with E-state index in [9.17, 15) is 31.2 Å². The molecule has 2 aromatic carbocycles. The standard InChI is InChI=1S/C21H22Cl2F3N3O4S/c1-13(20(31)27-2)28(11-14-5-4-6-15(22)9-14)19(30)12-29(34(3,32)33)16-7-8-18(23)17(10-16)21(24,25)26/h4-10,13H,11-12H2,1-3H3,(H,27,31)/t13-/m0/s1. The maximum absolute atomic E-state index is 13.3. The monoisotopic (exact) mass is 539 g/mol. The van der Waals surface area contributed by atoms with Crippen molar-refractivity contribution < 1.29 is 31.2 Å². The van der Waals surface area contributed by atoms with Crippen LogP contribution < -0.4 is 9.62 Å². The number of anilines is 1. The fourth-order valence-electron chi connectivity index (χ4n) is 3.12. The van der Waals surface area contributed by atoms with Crippen molar-refractivity contribution in [1.82, 2.24) is 10.2 Å². The van der Waals surface area contributed by atoms with Gasteiger partial charge in [-0.3, -0.25) is 13.9 Å².